The summed E-state index contributed by atoms with van der Waals surface area (Å²) in [6.07, 6.45) is 3.24. The van der Waals surface area contributed by atoms with Gasteiger partial charge in [0.15, 0.2) is 5.69 Å². The van der Waals surface area contributed by atoms with Gasteiger partial charge in [0.2, 0.25) is 5.43 Å². The number of nitrogens with one attached hydrogen (secondary N) is 1. The molecular formula is C17H19ClN4O2. The molecule has 1 aliphatic rings. The lowest BCUT2D eigenvalue weighted by Crippen LogP contribution is -2.46. The molecule has 2 aromatic rings. The van der Waals surface area contributed by atoms with Gasteiger partial charge in [-0.1, -0.05) is 18.0 Å². The third kappa shape index (κ3) is 3.66. The third-order valence-corrected chi connectivity index (χ3v) is 4.26. The summed E-state index contributed by atoms with van der Waals surface area (Å²) >= 11 is 5.91. The molecule has 0 radical (unpaired) electrons. The summed E-state index contributed by atoms with van der Waals surface area (Å²) in [4.78, 5) is 24.6. The van der Waals surface area contributed by atoms with Crippen molar-refractivity contribution in [3.05, 3.63) is 57.0 Å². The number of carbonyl (C=O) groups excluding carboxylic acids is 1. The summed E-state index contributed by atoms with van der Waals surface area (Å²) in [5, 5.41) is 6.72. The molecule has 1 fully saturated rings. The molecule has 7 heteroatoms. The van der Waals surface area contributed by atoms with E-state index in [9.17, 15) is 9.59 Å². The van der Waals surface area contributed by atoms with E-state index in [-0.39, 0.29) is 11.1 Å². The van der Waals surface area contributed by atoms with E-state index in [2.05, 4.69) is 10.5 Å². The highest BCUT2D eigenvalue weighted by Crippen LogP contribution is 2.14. The van der Waals surface area contributed by atoms with Crippen LogP contribution in [0.15, 0.2) is 35.1 Å². The van der Waals surface area contributed by atoms with Crippen LogP contribution in [0, 0.1) is 6.92 Å². The van der Waals surface area contributed by atoms with Crippen molar-refractivity contribution in [1.29, 1.82) is 0 Å². The molecule has 126 valence electrons. The van der Waals surface area contributed by atoms with Crippen molar-refractivity contribution < 1.29 is 4.79 Å². The number of aryl methyl sites for hydroxylation is 1. The van der Waals surface area contributed by atoms with Crippen LogP contribution in [0.2, 0.25) is 5.02 Å². The zero-order valence-corrected chi connectivity index (χ0v) is 14.2. The molecule has 1 N–H and O–H groups in total. The van der Waals surface area contributed by atoms with Gasteiger partial charge in [-0.3, -0.25) is 15.0 Å². The van der Waals surface area contributed by atoms with Gasteiger partial charge in [-0.15, -0.1) is 0 Å². The van der Waals surface area contributed by atoms with E-state index >= 15 is 0 Å². The summed E-state index contributed by atoms with van der Waals surface area (Å²) in [6, 6.07) is 8.48. The number of halogens is 1. The second kappa shape index (κ2) is 7.15. The smallest absolute Gasteiger partial charge is 0.287 e. The minimum absolute atomic E-state index is 0.110. The molecule has 1 amide bonds. The first kappa shape index (κ1) is 16.7. The van der Waals surface area contributed by atoms with Gasteiger partial charge in [-0.05, 0) is 44.0 Å². The van der Waals surface area contributed by atoms with Crippen molar-refractivity contribution in [2.45, 2.75) is 26.2 Å². The largest absolute Gasteiger partial charge is 0.290 e. The van der Waals surface area contributed by atoms with E-state index in [0.717, 1.165) is 31.6 Å². The minimum Gasteiger partial charge on any atom is -0.287 e. The van der Waals surface area contributed by atoms with E-state index in [1.165, 1.54) is 12.5 Å². The van der Waals surface area contributed by atoms with Crippen LogP contribution in [-0.2, 0) is 0 Å². The van der Waals surface area contributed by atoms with E-state index in [1.807, 2.05) is 5.01 Å². The summed E-state index contributed by atoms with van der Waals surface area (Å²) in [5.41, 5.74) is 3.68. The Morgan fingerprint density at radius 1 is 1.17 bits per heavy atom. The topological polar surface area (TPSA) is 67.2 Å². The van der Waals surface area contributed by atoms with Gasteiger partial charge >= 0.3 is 0 Å². The number of amides is 1. The standard InChI is InChI=1S/C17H19ClN4O2/c1-12-11-15(23)16(17(24)20-21-9-3-2-4-10-21)19-22(12)14-7-5-13(18)6-8-14/h5-8,11H,2-4,9-10H2,1H3,(H,20,24). The Morgan fingerprint density at radius 2 is 1.83 bits per heavy atom. The van der Waals surface area contributed by atoms with Crippen molar-refractivity contribution in [1.82, 2.24) is 20.2 Å². The molecule has 0 unspecified atom stereocenters. The molecule has 2 heterocycles. The van der Waals surface area contributed by atoms with Gasteiger partial charge in [0.05, 0.1) is 5.69 Å². The molecular weight excluding hydrogens is 328 g/mol. The van der Waals surface area contributed by atoms with Crippen LogP contribution < -0.4 is 10.9 Å². The van der Waals surface area contributed by atoms with E-state index in [0.29, 0.717) is 10.7 Å². The number of benzene rings is 1. The molecule has 0 aliphatic carbocycles. The van der Waals surface area contributed by atoms with Crippen molar-refractivity contribution in [2.24, 2.45) is 0 Å². The molecule has 24 heavy (non-hydrogen) atoms. The normalized spacial score (nSPS) is 15.2. The van der Waals surface area contributed by atoms with Crippen molar-refractivity contribution in [3.63, 3.8) is 0 Å². The highest BCUT2D eigenvalue weighted by atomic mass is 35.5. The fourth-order valence-electron chi connectivity index (χ4n) is 2.75. The summed E-state index contributed by atoms with van der Waals surface area (Å²) in [5.74, 6) is -0.468. The molecule has 1 saturated heterocycles. The molecule has 1 aromatic heterocycles. The Hall–Kier alpha value is -2.18. The molecule has 0 saturated carbocycles. The van der Waals surface area contributed by atoms with Crippen molar-refractivity contribution in [3.8, 4) is 5.69 Å². The lowest BCUT2D eigenvalue weighted by atomic mass is 10.2. The molecule has 0 spiro atoms. The van der Waals surface area contributed by atoms with Gasteiger partial charge < -0.3 is 0 Å². The average Bonchev–Trinajstić information content (AvgIpc) is 2.57. The van der Waals surface area contributed by atoms with E-state index in [1.54, 1.807) is 35.9 Å². The van der Waals surface area contributed by atoms with Gasteiger partial charge in [-0.25, -0.2) is 9.69 Å². The third-order valence-electron chi connectivity index (χ3n) is 4.01. The first-order valence-corrected chi connectivity index (χ1v) is 8.35. The second-order valence-corrected chi connectivity index (χ2v) is 6.31. The van der Waals surface area contributed by atoms with Crippen LogP contribution in [0.3, 0.4) is 0 Å². The minimum atomic E-state index is -0.468. The zero-order chi connectivity index (χ0) is 17.1. The fourth-order valence-corrected chi connectivity index (χ4v) is 2.88. The quantitative estimate of drug-likeness (QED) is 0.926. The molecule has 1 aromatic carbocycles. The maximum Gasteiger partial charge on any atom is 0.290 e. The Morgan fingerprint density at radius 3 is 2.50 bits per heavy atom. The molecule has 3 rings (SSSR count). The number of hydrazine groups is 1. The average molecular weight is 347 g/mol. The van der Waals surface area contributed by atoms with Crippen molar-refractivity contribution >= 4 is 17.5 Å². The Bertz CT molecular complexity index is 795. The Balaban J connectivity index is 1.90. The van der Waals surface area contributed by atoms with Gasteiger partial charge in [-0.2, -0.15) is 5.10 Å². The predicted octanol–water partition coefficient (Wildman–Crippen LogP) is 2.33. The SMILES string of the molecule is Cc1cc(=O)c(C(=O)NN2CCCCC2)nn1-c1ccc(Cl)cc1. The number of rotatable bonds is 3. The zero-order valence-electron chi connectivity index (χ0n) is 13.5. The Labute approximate surface area is 145 Å². The molecule has 1 aliphatic heterocycles. The maximum absolute atomic E-state index is 12.4. The van der Waals surface area contributed by atoms with Crippen LogP contribution in [0.5, 0.6) is 0 Å². The molecule has 6 nitrogen and oxygen atoms in total. The lowest BCUT2D eigenvalue weighted by Gasteiger charge is -2.26. The number of aromatic nitrogens is 2. The fraction of sp³-hybridized carbons (Fsp3) is 0.353. The van der Waals surface area contributed by atoms with Gasteiger partial charge in [0.25, 0.3) is 5.91 Å². The lowest BCUT2D eigenvalue weighted by molar-refractivity contribution is 0.0741. The monoisotopic (exact) mass is 346 g/mol. The van der Waals surface area contributed by atoms with E-state index < -0.39 is 5.91 Å². The van der Waals surface area contributed by atoms with E-state index in [4.69, 9.17) is 11.6 Å². The van der Waals surface area contributed by atoms with Crippen LogP contribution in [0.25, 0.3) is 5.69 Å². The summed E-state index contributed by atoms with van der Waals surface area (Å²) in [7, 11) is 0. The first-order valence-electron chi connectivity index (χ1n) is 7.97. The van der Waals surface area contributed by atoms with Crippen LogP contribution in [-0.4, -0.2) is 33.8 Å². The van der Waals surface area contributed by atoms with Crippen LogP contribution in [0.4, 0.5) is 0 Å². The molecule has 0 atom stereocenters. The van der Waals surface area contributed by atoms with Crippen LogP contribution in [0.1, 0.15) is 35.4 Å². The number of nitrogens with zero attached hydrogens (tertiary/aromatic N) is 3. The highest BCUT2D eigenvalue weighted by molar-refractivity contribution is 6.30. The van der Waals surface area contributed by atoms with Crippen LogP contribution >= 0.6 is 11.6 Å². The van der Waals surface area contributed by atoms with Gasteiger partial charge in [0.1, 0.15) is 0 Å². The van der Waals surface area contributed by atoms with Crippen molar-refractivity contribution in [2.75, 3.05) is 13.1 Å². The maximum atomic E-state index is 12.4. The second-order valence-electron chi connectivity index (χ2n) is 5.88. The number of carbonyl (C=O) groups is 1. The Kier molecular flexibility index (Phi) is 4.97. The van der Waals surface area contributed by atoms with Gasteiger partial charge in [0, 0.05) is 29.9 Å². The number of piperidine rings is 1. The first-order chi connectivity index (χ1) is 11.5. The summed E-state index contributed by atoms with van der Waals surface area (Å²) < 4.78 is 1.57. The summed E-state index contributed by atoms with van der Waals surface area (Å²) in [6.45, 7) is 3.36. The highest BCUT2D eigenvalue weighted by Gasteiger charge is 2.19. The number of hydrogen-bond donors (Lipinski definition) is 1. The molecule has 0 bridgehead atoms. The predicted molar refractivity (Wildman–Crippen MR) is 92.5 cm³/mol. The number of hydrogen-bond acceptors (Lipinski definition) is 4.